The van der Waals surface area contributed by atoms with Gasteiger partial charge in [0, 0.05) is 6.54 Å². The average molecular weight is 355 g/mol. The van der Waals surface area contributed by atoms with Gasteiger partial charge in [-0.25, -0.2) is 0 Å². The molecule has 1 aromatic heterocycles. The minimum Gasteiger partial charge on any atom is -0.487 e. The second-order valence-corrected chi connectivity index (χ2v) is 6.39. The summed E-state index contributed by atoms with van der Waals surface area (Å²) >= 11 is 0. The maximum absolute atomic E-state index is 5.84. The number of hydrogen-bond acceptors (Lipinski definition) is 3. The van der Waals surface area contributed by atoms with Crippen molar-refractivity contribution in [2.24, 2.45) is 0 Å². The molecular formula is C23H21N3O. The summed E-state index contributed by atoms with van der Waals surface area (Å²) < 4.78 is 7.71. The van der Waals surface area contributed by atoms with Crippen LogP contribution in [0.2, 0.25) is 0 Å². The predicted molar refractivity (Wildman–Crippen MR) is 106 cm³/mol. The van der Waals surface area contributed by atoms with Gasteiger partial charge in [-0.05, 0) is 35.2 Å². The third-order valence-corrected chi connectivity index (χ3v) is 4.41. The first-order valence-corrected chi connectivity index (χ1v) is 9.08. The number of aryl methyl sites for hydroxylation is 2. The predicted octanol–water partition coefficient (Wildman–Crippen LogP) is 4.77. The van der Waals surface area contributed by atoms with Crippen molar-refractivity contribution < 1.29 is 4.74 Å². The first-order chi connectivity index (χ1) is 13.4. The molecule has 4 nitrogen and oxygen atoms in total. The quantitative estimate of drug-likeness (QED) is 0.479. The van der Waals surface area contributed by atoms with E-state index in [-0.39, 0.29) is 0 Å². The summed E-state index contributed by atoms with van der Waals surface area (Å²) in [5.41, 5.74) is 4.50. The van der Waals surface area contributed by atoms with E-state index in [9.17, 15) is 0 Å². The lowest BCUT2D eigenvalue weighted by atomic mass is 10.1. The van der Waals surface area contributed by atoms with Gasteiger partial charge in [0.1, 0.15) is 18.1 Å². The third kappa shape index (κ3) is 4.61. The van der Waals surface area contributed by atoms with Crippen molar-refractivity contribution in [2.75, 3.05) is 0 Å². The zero-order valence-corrected chi connectivity index (χ0v) is 15.0. The van der Waals surface area contributed by atoms with Gasteiger partial charge in [-0.15, -0.1) is 5.10 Å². The largest absolute Gasteiger partial charge is 0.487 e. The number of hydrogen-bond donors (Lipinski definition) is 0. The molecule has 0 spiro atoms. The Balaban J connectivity index is 1.31. The van der Waals surface area contributed by atoms with Crippen molar-refractivity contribution in [1.82, 2.24) is 15.0 Å². The van der Waals surface area contributed by atoms with Gasteiger partial charge in [0.05, 0.1) is 6.20 Å². The summed E-state index contributed by atoms with van der Waals surface area (Å²) in [5.74, 6) is 0.827. The topological polar surface area (TPSA) is 39.9 Å². The van der Waals surface area contributed by atoms with E-state index in [4.69, 9.17) is 4.74 Å². The zero-order valence-electron chi connectivity index (χ0n) is 15.0. The average Bonchev–Trinajstić information content (AvgIpc) is 3.20. The van der Waals surface area contributed by atoms with Crippen LogP contribution in [0, 0.1) is 0 Å². The van der Waals surface area contributed by atoms with Crippen molar-refractivity contribution in [3.05, 3.63) is 102 Å². The van der Waals surface area contributed by atoms with E-state index in [0.717, 1.165) is 24.4 Å². The van der Waals surface area contributed by atoms with Crippen LogP contribution >= 0.6 is 0 Å². The molecule has 0 fully saturated rings. The highest BCUT2D eigenvalue weighted by atomic mass is 16.5. The highest BCUT2D eigenvalue weighted by Crippen LogP contribution is 2.22. The lowest BCUT2D eigenvalue weighted by Gasteiger charge is -2.06. The minimum absolute atomic E-state index is 0.413. The molecular weight excluding hydrogens is 334 g/mol. The van der Waals surface area contributed by atoms with Crippen molar-refractivity contribution in [2.45, 2.75) is 19.6 Å². The molecule has 0 atom stereocenters. The van der Waals surface area contributed by atoms with E-state index in [0.29, 0.717) is 6.61 Å². The Bertz CT molecular complexity index is 963. The summed E-state index contributed by atoms with van der Waals surface area (Å²) in [7, 11) is 0. The Kier molecular flexibility index (Phi) is 5.25. The van der Waals surface area contributed by atoms with Crippen molar-refractivity contribution in [3.8, 4) is 16.9 Å². The monoisotopic (exact) mass is 355 g/mol. The number of ether oxygens (including phenoxy) is 1. The molecule has 4 aromatic rings. The van der Waals surface area contributed by atoms with E-state index in [1.165, 1.54) is 16.7 Å². The molecule has 0 amide bonds. The van der Waals surface area contributed by atoms with Crippen LogP contribution in [0.4, 0.5) is 0 Å². The van der Waals surface area contributed by atoms with Crippen LogP contribution in [-0.2, 0) is 19.6 Å². The molecule has 0 bridgehead atoms. The van der Waals surface area contributed by atoms with Crippen molar-refractivity contribution >= 4 is 0 Å². The standard InChI is InChI=1S/C23H21N3O/c1-3-7-19(8-4-1)15-16-26-17-22(24-25-26)18-27-23-13-11-21(12-14-23)20-9-5-2-6-10-20/h1-14,17H,15-16,18H2. The summed E-state index contributed by atoms with van der Waals surface area (Å²) in [6.45, 7) is 1.22. The zero-order chi connectivity index (χ0) is 18.3. The SMILES string of the molecule is c1ccc(CCn2cc(COc3ccc(-c4ccccc4)cc3)nn2)cc1. The smallest absolute Gasteiger partial charge is 0.134 e. The van der Waals surface area contributed by atoms with Crippen LogP contribution in [0.5, 0.6) is 5.75 Å². The molecule has 0 aliphatic heterocycles. The van der Waals surface area contributed by atoms with E-state index >= 15 is 0 Å². The molecule has 0 saturated carbocycles. The Labute approximate surface area is 159 Å². The highest BCUT2D eigenvalue weighted by Gasteiger charge is 2.03. The highest BCUT2D eigenvalue weighted by molar-refractivity contribution is 5.63. The fourth-order valence-corrected chi connectivity index (χ4v) is 2.93. The first-order valence-electron chi connectivity index (χ1n) is 9.08. The Morgan fingerprint density at radius 1 is 0.741 bits per heavy atom. The van der Waals surface area contributed by atoms with Crippen LogP contribution in [0.25, 0.3) is 11.1 Å². The maximum Gasteiger partial charge on any atom is 0.134 e. The van der Waals surface area contributed by atoms with Crippen molar-refractivity contribution in [1.29, 1.82) is 0 Å². The van der Waals surface area contributed by atoms with Crippen molar-refractivity contribution in [3.63, 3.8) is 0 Å². The second kappa shape index (κ2) is 8.32. The van der Waals surface area contributed by atoms with E-state index < -0.39 is 0 Å². The van der Waals surface area contributed by atoms with Crippen LogP contribution in [0.1, 0.15) is 11.3 Å². The molecule has 0 radical (unpaired) electrons. The van der Waals surface area contributed by atoms with Gasteiger partial charge in [-0.2, -0.15) is 0 Å². The summed E-state index contributed by atoms with van der Waals surface area (Å²) in [4.78, 5) is 0. The fraction of sp³-hybridized carbons (Fsp3) is 0.130. The number of rotatable bonds is 7. The van der Waals surface area contributed by atoms with Gasteiger partial charge in [-0.3, -0.25) is 4.68 Å². The van der Waals surface area contributed by atoms with E-state index in [1.807, 2.05) is 47.3 Å². The Hall–Kier alpha value is -3.40. The van der Waals surface area contributed by atoms with Crippen LogP contribution in [0.15, 0.2) is 91.1 Å². The van der Waals surface area contributed by atoms with Crippen LogP contribution in [-0.4, -0.2) is 15.0 Å². The lowest BCUT2D eigenvalue weighted by Crippen LogP contribution is -2.02. The number of aromatic nitrogens is 3. The first kappa shape index (κ1) is 17.0. The number of benzene rings is 3. The summed E-state index contributed by atoms with van der Waals surface area (Å²) in [6, 6.07) is 28.8. The molecule has 0 saturated heterocycles. The van der Waals surface area contributed by atoms with Gasteiger partial charge < -0.3 is 4.74 Å². The Morgan fingerprint density at radius 3 is 2.15 bits per heavy atom. The summed E-state index contributed by atoms with van der Waals surface area (Å²) in [5, 5.41) is 8.38. The van der Waals surface area contributed by atoms with Gasteiger partial charge in [0.2, 0.25) is 0 Å². The van der Waals surface area contributed by atoms with E-state index in [1.54, 1.807) is 0 Å². The minimum atomic E-state index is 0.413. The molecule has 0 aliphatic carbocycles. The van der Waals surface area contributed by atoms with E-state index in [2.05, 4.69) is 58.8 Å². The van der Waals surface area contributed by atoms with Gasteiger partial charge in [-0.1, -0.05) is 78.0 Å². The normalized spacial score (nSPS) is 10.7. The molecule has 134 valence electrons. The van der Waals surface area contributed by atoms with Crippen LogP contribution < -0.4 is 4.74 Å². The fourth-order valence-electron chi connectivity index (χ4n) is 2.93. The van der Waals surface area contributed by atoms with Gasteiger partial charge >= 0.3 is 0 Å². The molecule has 4 heteroatoms. The Morgan fingerprint density at radius 2 is 1.41 bits per heavy atom. The molecule has 0 N–H and O–H groups in total. The van der Waals surface area contributed by atoms with Gasteiger partial charge in [0.25, 0.3) is 0 Å². The van der Waals surface area contributed by atoms with Gasteiger partial charge in [0.15, 0.2) is 0 Å². The molecule has 4 rings (SSSR count). The molecule has 0 unspecified atom stereocenters. The molecule has 1 heterocycles. The number of nitrogens with zero attached hydrogens (tertiary/aromatic N) is 3. The lowest BCUT2D eigenvalue weighted by molar-refractivity contribution is 0.301. The second-order valence-electron chi connectivity index (χ2n) is 6.39. The van der Waals surface area contributed by atoms with Crippen LogP contribution in [0.3, 0.4) is 0 Å². The summed E-state index contributed by atoms with van der Waals surface area (Å²) in [6.07, 6.45) is 2.88. The third-order valence-electron chi connectivity index (χ3n) is 4.41. The molecule has 0 aliphatic rings. The molecule has 27 heavy (non-hydrogen) atoms. The maximum atomic E-state index is 5.84. The molecule has 3 aromatic carbocycles.